The van der Waals surface area contributed by atoms with Crippen molar-refractivity contribution in [3.8, 4) is 0 Å². The molecule has 0 radical (unpaired) electrons. The van der Waals surface area contributed by atoms with Gasteiger partial charge in [0.25, 0.3) is 5.91 Å². The van der Waals surface area contributed by atoms with Gasteiger partial charge in [-0.05, 0) is 39.3 Å². The second-order valence-electron chi connectivity index (χ2n) is 5.76. The lowest BCUT2D eigenvalue weighted by Gasteiger charge is -2.15. The summed E-state index contributed by atoms with van der Waals surface area (Å²) in [6.45, 7) is 7.43. The number of anilines is 1. The van der Waals surface area contributed by atoms with Crippen molar-refractivity contribution >= 4 is 17.4 Å². The Hall–Kier alpha value is -2.83. The lowest BCUT2D eigenvalue weighted by Crippen LogP contribution is -2.29. The maximum absolute atomic E-state index is 12.2. The molecule has 0 bridgehead atoms. The fourth-order valence-electron chi connectivity index (χ4n) is 2.10. The van der Waals surface area contributed by atoms with Gasteiger partial charge >= 0.3 is 0 Å². The summed E-state index contributed by atoms with van der Waals surface area (Å²) in [7, 11) is 0. The number of rotatable bonds is 6. The molecular weight excluding hydrogens is 306 g/mol. The number of nitrogens with one attached hydrogen (secondary N) is 1. The first-order valence-electron chi connectivity index (χ1n) is 7.73. The van der Waals surface area contributed by atoms with E-state index in [9.17, 15) is 4.79 Å². The van der Waals surface area contributed by atoms with Crippen LogP contribution in [0.5, 0.6) is 0 Å². The van der Waals surface area contributed by atoms with E-state index in [1.165, 1.54) is 0 Å². The molecule has 0 aliphatic heterocycles. The van der Waals surface area contributed by atoms with Crippen LogP contribution in [0.3, 0.4) is 0 Å². The highest BCUT2D eigenvalue weighted by atomic mass is 16.6. The van der Waals surface area contributed by atoms with E-state index in [1.54, 1.807) is 30.2 Å². The van der Waals surface area contributed by atoms with E-state index in [-0.39, 0.29) is 17.8 Å². The molecule has 2 atom stereocenters. The molecule has 0 unspecified atom stereocenters. The molecule has 0 saturated heterocycles. The third-order valence-electron chi connectivity index (χ3n) is 3.73. The molecule has 1 amide bonds. The summed E-state index contributed by atoms with van der Waals surface area (Å²) >= 11 is 0. The predicted molar refractivity (Wildman–Crippen MR) is 93.7 cm³/mol. The van der Waals surface area contributed by atoms with Gasteiger partial charge in [-0.2, -0.15) is 0 Å². The topological polar surface area (TPSA) is 94.5 Å². The predicted octanol–water partition coefficient (Wildman–Crippen LogP) is 2.38. The molecule has 128 valence electrons. The second kappa shape index (κ2) is 7.63. The van der Waals surface area contributed by atoms with Crippen LogP contribution in [0.25, 0.3) is 0 Å². The van der Waals surface area contributed by atoms with Crippen molar-refractivity contribution < 1.29 is 9.63 Å². The molecule has 0 saturated carbocycles. The van der Waals surface area contributed by atoms with E-state index in [0.29, 0.717) is 0 Å². The molecule has 0 aliphatic rings. The first kappa shape index (κ1) is 17.5. The Morgan fingerprint density at radius 2 is 2.12 bits per heavy atom. The third-order valence-corrected chi connectivity index (χ3v) is 3.73. The lowest BCUT2D eigenvalue weighted by molar-refractivity contribution is -0.126. The summed E-state index contributed by atoms with van der Waals surface area (Å²) < 4.78 is 1.79. The number of amidine groups is 1. The summed E-state index contributed by atoms with van der Waals surface area (Å²) in [5.41, 5.74) is 8.78. The summed E-state index contributed by atoms with van der Waals surface area (Å²) in [5.74, 6) is -0.0204. The van der Waals surface area contributed by atoms with Gasteiger partial charge in [-0.1, -0.05) is 22.9 Å². The zero-order chi connectivity index (χ0) is 17.7. The largest absolute Gasteiger partial charge is 0.383 e. The van der Waals surface area contributed by atoms with Crippen LogP contribution in [0, 0.1) is 13.8 Å². The molecule has 1 aromatic carbocycles. The third kappa shape index (κ3) is 4.34. The highest BCUT2D eigenvalue weighted by molar-refractivity contribution is 5.94. The Balaban J connectivity index is 1.94. The van der Waals surface area contributed by atoms with Gasteiger partial charge < -0.3 is 20.5 Å². The fraction of sp³-hybridized carbons (Fsp3) is 0.353. The second-order valence-corrected chi connectivity index (χ2v) is 5.76. The smallest absolute Gasteiger partial charge is 0.267 e. The first-order chi connectivity index (χ1) is 11.4. The molecule has 1 heterocycles. The number of oxime groups is 1. The number of carbonyl (C=O) groups excluding carboxylic acids is 1. The number of hydrogen-bond donors (Lipinski definition) is 2. The highest BCUT2D eigenvalue weighted by Gasteiger charge is 2.16. The minimum Gasteiger partial charge on any atom is -0.383 e. The molecule has 7 nitrogen and oxygen atoms in total. The minimum absolute atomic E-state index is 0.206. The number of carbonyl (C=O) groups is 1. The van der Waals surface area contributed by atoms with Gasteiger partial charge in [-0.3, -0.25) is 4.79 Å². The van der Waals surface area contributed by atoms with Gasteiger partial charge in [0, 0.05) is 18.1 Å². The molecule has 0 aliphatic carbocycles. The zero-order valence-electron chi connectivity index (χ0n) is 14.4. The van der Waals surface area contributed by atoms with E-state index in [1.807, 2.05) is 39.0 Å². The number of imidazole rings is 1. The molecule has 2 aromatic rings. The van der Waals surface area contributed by atoms with Crippen molar-refractivity contribution in [1.82, 2.24) is 9.55 Å². The molecule has 24 heavy (non-hydrogen) atoms. The van der Waals surface area contributed by atoms with Crippen LogP contribution in [0.4, 0.5) is 5.69 Å². The molecule has 0 fully saturated rings. The van der Waals surface area contributed by atoms with Crippen LogP contribution < -0.4 is 11.1 Å². The number of nitrogens with zero attached hydrogens (tertiary/aromatic N) is 3. The fourth-order valence-corrected chi connectivity index (χ4v) is 2.10. The van der Waals surface area contributed by atoms with Crippen molar-refractivity contribution in [2.24, 2.45) is 10.9 Å². The molecule has 7 heteroatoms. The van der Waals surface area contributed by atoms with E-state index in [4.69, 9.17) is 10.6 Å². The number of amides is 1. The van der Waals surface area contributed by atoms with Gasteiger partial charge in [0.2, 0.25) is 6.10 Å². The SMILES string of the molecule is Cc1ccc(NC(=O)[C@H](C)O/N=C(\N)[C@@H](C)n2ccnc2)c(C)c1. The van der Waals surface area contributed by atoms with Crippen LogP contribution in [0.15, 0.2) is 42.1 Å². The van der Waals surface area contributed by atoms with E-state index < -0.39 is 6.10 Å². The number of nitrogens with two attached hydrogens (primary N) is 1. The summed E-state index contributed by atoms with van der Waals surface area (Å²) in [6, 6.07) is 5.61. The van der Waals surface area contributed by atoms with Crippen molar-refractivity contribution in [3.63, 3.8) is 0 Å². The lowest BCUT2D eigenvalue weighted by atomic mass is 10.1. The molecule has 0 spiro atoms. The van der Waals surface area contributed by atoms with Gasteiger partial charge in [0.15, 0.2) is 5.84 Å². The summed E-state index contributed by atoms with van der Waals surface area (Å²) in [6.07, 6.45) is 4.32. The molecule has 3 N–H and O–H groups in total. The van der Waals surface area contributed by atoms with Crippen molar-refractivity contribution in [3.05, 3.63) is 48.0 Å². The summed E-state index contributed by atoms with van der Waals surface area (Å²) in [5, 5.41) is 6.69. The Morgan fingerprint density at radius 3 is 2.75 bits per heavy atom. The Morgan fingerprint density at radius 1 is 1.38 bits per heavy atom. The number of hydrogen-bond acceptors (Lipinski definition) is 4. The first-order valence-corrected chi connectivity index (χ1v) is 7.73. The number of benzene rings is 1. The van der Waals surface area contributed by atoms with Crippen LogP contribution in [-0.4, -0.2) is 27.4 Å². The Bertz CT molecular complexity index is 725. The number of aryl methyl sites for hydroxylation is 2. The van der Waals surface area contributed by atoms with Crippen molar-refractivity contribution in [2.75, 3.05) is 5.32 Å². The maximum atomic E-state index is 12.2. The maximum Gasteiger partial charge on any atom is 0.267 e. The monoisotopic (exact) mass is 329 g/mol. The van der Waals surface area contributed by atoms with Gasteiger partial charge in [0.05, 0.1) is 12.4 Å². The van der Waals surface area contributed by atoms with Crippen LogP contribution in [-0.2, 0) is 9.63 Å². The minimum atomic E-state index is -0.765. The normalized spacial score (nSPS) is 14.1. The molecular formula is C17H23N5O2. The highest BCUT2D eigenvalue weighted by Crippen LogP contribution is 2.16. The number of aromatic nitrogens is 2. The quantitative estimate of drug-likeness (QED) is 0.483. The van der Waals surface area contributed by atoms with Crippen LogP contribution in [0.1, 0.15) is 31.0 Å². The van der Waals surface area contributed by atoms with Crippen molar-refractivity contribution in [2.45, 2.75) is 39.8 Å². The standard InChI is InChI=1S/C17H23N5O2/c1-11-5-6-15(12(2)9-11)20-17(23)14(4)24-21-16(18)13(3)22-8-7-19-10-22/h5-10,13-14H,1-4H3,(H2,18,21)(H,20,23)/t13-,14+/m1/s1. The van der Waals surface area contributed by atoms with E-state index in [0.717, 1.165) is 16.8 Å². The average molecular weight is 329 g/mol. The van der Waals surface area contributed by atoms with Crippen molar-refractivity contribution in [1.29, 1.82) is 0 Å². The average Bonchev–Trinajstić information content (AvgIpc) is 3.08. The Labute approximate surface area is 141 Å². The van der Waals surface area contributed by atoms with E-state index in [2.05, 4.69) is 15.5 Å². The molecule has 2 rings (SSSR count). The Kier molecular flexibility index (Phi) is 5.57. The zero-order valence-corrected chi connectivity index (χ0v) is 14.4. The van der Waals surface area contributed by atoms with Gasteiger partial charge in [-0.15, -0.1) is 0 Å². The summed E-state index contributed by atoms with van der Waals surface area (Å²) in [4.78, 5) is 21.4. The van der Waals surface area contributed by atoms with E-state index >= 15 is 0 Å². The van der Waals surface area contributed by atoms with Gasteiger partial charge in [0.1, 0.15) is 0 Å². The van der Waals surface area contributed by atoms with Gasteiger partial charge in [-0.25, -0.2) is 4.98 Å². The van der Waals surface area contributed by atoms with Crippen LogP contribution >= 0.6 is 0 Å². The van der Waals surface area contributed by atoms with Crippen LogP contribution in [0.2, 0.25) is 0 Å². The molecule has 1 aromatic heterocycles.